The number of hydrogen-bond donors (Lipinski definition) is 2. The first-order chi connectivity index (χ1) is 15.0. The third-order valence-electron chi connectivity index (χ3n) is 5.90. The van der Waals surface area contributed by atoms with Crippen LogP contribution in [-0.2, 0) is 6.54 Å². The van der Waals surface area contributed by atoms with Gasteiger partial charge in [-0.2, -0.15) is 5.26 Å². The number of carbonyl (C=O) groups excluding carboxylic acids is 1. The van der Waals surface area contributed by atoms with Crippen LogP contribution in [0.4, 0.5) is 15.0 Å². The first-order valence-electron chi connectivity index (χ1n) is 10.5. The van der Waals surface area contributed by atoms with E-state index in [1.54, 1.807) is 13.0 Å². The van der Waals surface area contributed by atoms with Crippen LogP contribution >= 0.6 is 0 Å². The van der Waals surface area contributed by atoms with E-state index >= 15 is 0 Å². The maximum atomic E-state index is 14.3. The van der Waals surface area contributed by atoms with Crippen molar-refractivity contribution in [3.63, 3.8) is 0 Å². The summed E-state index contributed by atoms with van der Waals surface area (Å²) in [5.41, 5.74) is 1.13. The molecule has 1 saturated carbocycles. The van der Waals surface area contributed by atoms with Gasteiger partial charge in [-0.1, -0.05) is 6.07 Å². The minimum Gasteiger partial charge on any atom is -0.354 e. The van der Waals surface area contributed by atoms with Crippen molar-refractivity contribution in [2.24, 2.45) is 0 Å². The molecule has 0 spiro atoms. The predicted molar refractivity (Wildman–Crippen MR) is 113 cm³/mol. The maximum absolute atomic E-state index is 14.3. The van der Waals surface area contributed by atoms with Crippen molar-refractivity contribution in [3.05, 3.63) is 57.4 Å². The van der Waals surface area contributed by atoms with Crippen LogP contribution in [-0.4, -0.2) is 46.1 Å². The van der Waals surface area contributed by atoms with Crippen LogP contribution in [0.3, 0.4) is 0 Å². The fourth-order valence-corrected chi connectivity index (χ4v) is 4.16. The fourth-order valence-electron chi connectivity index (χ4n) is 4.16. The van der Waals surface area contributed by atoms with E-state index in [9.17, 15) is 14.0 Å². The van der Waals surface area contributed by atoms with Crippen LogP contribution in [0.15, 0.2) is 29.3 Å². The van der Waals surface area contributed by atoms with Crippen molar-refractivity contribution in [1.82, 2.24) is 20.2 Å². The Hall–Kier alpha value is -3.41. The standard InChI is InChI=1S/C22H25FN6O2/c1-14-7-16(19(23)8-15(14)10-24)11-25-22(31)29(17-4-5-17)18-3-2-6-28(12-18)20-9-21(30)27-13-26-20/h7-9,13,17-18H,2-6,11-12H2,1H3,(H,25,31)(H,26,27,30). The van der Waals surface area contributed by atoms with Gasteiger partial charge in [-0.3, -0.25) is 4.79 Å². The number of nitriles is 1. The second-order valence-corrected chi connectivity index (χ2v) is 8.18. The van der Waals surface area contributed by atoms with Crippen LogP contribution in [0.5, 0.6) is 0 Å². The molecule has 1 saturated heterocycles. The Morgan fingerprint density at radius 2 is 2.16 bits per heavy atom. The van der Waals surface area contributed by atoms with E-state index in [1.165, 1.54) is 18.5 Å². The number of amides is 2. The van der Waals surface area contributed by atoms with Crippen LogP contribution in [0.25, 0.3) is 0 Å². The first kappa shape index (κ1) is 20.8. The normalized spacial score (nSPS) is 18.4. The number of halogens is 1. The second kappa shape index (κ2) is 8.76. The molecule has 1 aromatic carbocycles. The number of rotatable bonds is 5. The number of hydrogen-bond acceptors (Lipinski definition) is 5. The molecule has 31 heavy (non-hydrogen) atoms. The lowest BCUT2D eigenvalue weighted by Gasteiger charge is -2.40. The van der Waals surface area contributed by atoms with Gasteiger partial charge in [-0.05, 0) is 44.2 Å². The molecule has 1 atom stereocenters. The van der Waals surface area contributed by atoms with Gasteiger partial charge in [-0.15, -0.1) is 0 Å². The number of urea groups is 1. The summed E-state index contributed by atoms with van der Waals surface area (Å²) in [7, 11) is 0. The summed E-state index contributed by atoms with van der Waals surface area (Å²) < 4.78 is 14.3. The highest BCUT2D eigenvalue weighted by Crippen LogP contribution is 2.32. The van der Waals surface area contributed by atoms with Gasteiger partial charge in [-0.25, -0.2) is 14.2 Å². The van der Waals surface area contributed by atoms with E-state index in [2.05, 4.69) is 15.3 Å². The zero-order valence-corrected chi connectivity index (χ0v) is 17.4. The molecule has 2 heterocycles. The Morgan fingerprint density at radius 1 is 1.35 bits per heavy atom. The Balaban J connectivity index is 1.45. The third-order valence-corrected chi connectivity index (χ3v) is 5.90. The number of aryl methyl sites for hydroxylation is 1. The molecule has 4 rings (SSSR count). The van der Waals surface area contributed by atoms with Gasteiger partial charge in [0.05, 0.1) is 24.0 Å². The molecule has 8 nitrogen and oxygen atoms in total. The van der Waals surface area contributed by atoms with Crippen molar-refractivity contribution >= 4 is 11.8 Å². The highest BCUT2D eigenvalue weighted by Gasteiger charge is 2.39. The lowest BCUT2D eigenvalue weighted by Crippen LogP contribution is -2.54. The molecule has 1 unspecified atom stereocenters. The van der Waals surface area contributed by atoms with Crippen LogP contribution in [0.1, 0.15) is 42.4 Å². The average molecular weight is 424 g/mol. The molecule has 2 amide bonds. The van der Waals surface area contributed by atoms with Gasteiger partial charge >= 0.3 is 6.03 Å². The van der Waals surface area contributed by atoms with Gasteiger partial charge in [0.2, 0.25) is 0 Å². The topological polar surface area (TPSA) is 105 Å². The number of nitrogens with one attached hydrogen (secondary N) is 2. The average Bonchev–Trinajstić information content (AvgIpc) is 3.59. The zero-order valence-electron chi connectivity index (χ0n) is 17.4. The van der Waals surface area contributed by atoms with Gasteiger partial charge < -0.3 is 20.1 Å². The van der Waals surface area contributed by atoms with Crippen LogP contribution in [0, 0.1) is 24.1 Å². The number of H-pyrrole nitrogens is 1. The summed E-state index contributed by atoms with van der Waals surface area (Å²) in [6.45, 7) is 3.19. The minimum absolute atomic E-state index is 0.00474. The fraction of sp³-hybridized carbons (Fsp3) is 0.455. The molecule has 162 valence electrons. The van der Waals surface area contributed by atoms with E-state index in [-0.39, 0.29) is 30.2 Å². The van der Waals surface area contributed by atoms with E-state index in [4.69, 9.17) is 5.26 Å². The van der Waals surface area contributed by atoms with Crippen LogP contribution < -0.4 is 15.8 Å². The van der Waals surface area contributed by atoms with Crippen molar-refractivity contribution < 1.29 is 9.18 Å². The molecule has 1 aromatic heterocycles. The molecular formula is C22H25FN6O2. The number of carbonyl (C=O) groups is 1. The Labute approximate surface area is 179 Å². The number of nitrogens with zero attached hydrogens (tertiary/aromatic N) is 4. The van der Waals surface area contributed by atoms with Crippen molar-refractivity contribution in [1.29, 1.82) is 5.26 Å². The first-order valence-corrected chi connectivity index (χ1v) is 10.5. The zero-order chi connectivity index (χ0) is 22.0. The summed E-state index contributed by atoms with van der Waals surface area (Å²) in [5, 5.41) is 11.9. The molecule has 1 aliphatic carbocycles. The van der Waals surface area contributed by atoms with Gasteiger partial charge in [0.1, 0.15) is 11.6 Å². The molecule has 0 radical (unpaired) electrons. The summed E-state index contributed by atoms with van der Waals surface area (Å²) >= 11 is 0. The molecule has 0 bridgehead atoms. The summed E-state index contributed by atoms with van der Waals surface area (Å²) in [6, 6.07) is 6.22. The summed E-state index contributed by atoms with van der Waals surface area (Å²) in [4.78, 5) is 35.4. The lowest BCUT2D eigenvalue weighted by molar-refractivity contribution is 0.160. The SMILES string of the molecule is Cc1cc(CNC(=O)N(C2CC2)C2CCCN(c3cc(=O)[nH]cn3)C2)c(F)cc1C#N. The summed E-state index contributed by atoms with van der Waals surface area (Å²) in [5.74, 6) is 0.115. The monoisotopic (exact) mass is 424 g/mol. The van der Waals surface area contributed by atoms with Crippen molar-refractivity contribution in [3.8, 4) is 6.07 Å². The van der Waals surface area contributed by atoms with E-state index in [1.807, 2.05) is 15.9 Å². The van der Waals surface area contributed by atoms with E-state index in [0.717, 1.165) is 32.2 Å². The maximum Gasteiger partial charge on any atom is 0.318 e. The molecule has 2 aromatic rings. The number of aromatic amines is 1. The lowest BCUT2D eigenvalue weighted by atomic mass is 10.0. The Bertz CT molecular complexity index is 1070. The van der Waals surface area contributed by atoms with E-state index in [0.29, 0.717) is 29.1 Å². The minimum atomic E-state index is -0.496. The molecular weight excluding hydrogens is 399 g/mol. The third kappa shape index (κ3) is 4.68. The van der Waals surface area contributed by atoms with Gasteiger partial charge in [0, 0.05) is 37.3 Å². The van der Waals surface area contributed by atoms with Crippen molar-refractivity contribution in [2.45, 2.75) is 51.2 Å². The molecule has 1 aliphatic heterocycles. The number of benzene rings is 1. The predicted octanol–water partition coefficient (Wildman–Crippen LogP) is 2.43. The number of piperidine rings is 1. The number of aromatic nitrogens is 2. The highest BCUT2D eigenvalue weighted by atomic mass is 19.1. The summed E-state index contributed by atoms with van der Waals surface area (Å²) in [6.07, 6.45) is 5.06. The van der Waals surface area contributed by atoms with Gasteiger partial charge in [0.25, 0.3) is 5.56 Å². The highest BCUT2D eigenvalue weighted by molar-refractivity contribution is 5.75. The Kier molecular flexibility index (Phi) is 5.89. The van der Waals surface area contributed by atoms with E-state index < -0.39 is 5.82 Å². The largest absolute Gasteiger partial charge is 0.354 e. The smallest absolute Gasteiger partial charge is 0.318 e. The van der Waals surface area contributed by atoms with Crippen LogP contribution in [0.2, 0.25) is 0 Å². The quantitative estimate of drug-likeness (QED) is 0.767. The molecule has 2 fully saturated rings. The number of anilines is 1. The second-order valence-electron chi connectivity index (χ2n) is 8.18. The molecule has 2 N–H and O–H groups in total. The molecule has 2 aliphatic rings. The Morgan fingerprint density at radius 3 is 2.87 bits per heavy atom. The van der Waals surface area contributed by atoms with Crippen molar-refractivity contribution in [2.75, 3.05) is 18.0 Å². The van der Waals surface area contributed by atoms with Gasteiger partial charge in [0.15, 0.2) is 0 Å². The molecule has 9 heteroatoms.